The SMILES string of the molecule is CC(C)(C(=O)Nc1cc(C2(CO)CCCC2)no1)S(=O)(=O)c1ccc(F)cc1. The molecular formula is C19H23FN2O5S. The smallest absolute Gasteiger partial charge is 0.248 e. The molecule has 1 aromatic heterocycles. The summed E-state index contributed by atoms with van der Waals surface area (Å²) >= 11 is 0. The number of aliphatic hydroxyl groups is 1. The molecule has 1 aliphatic carbocycles. The summed E-state index contributed by atoms with van der Waals surface area (Å²) in [6.07, 6.45) is 3.48. The standard InChI is InChI=1S/C19H23FN2O5S/c1-18(2,28(25,26)14-7-5-13(20)6-8-14)17(24)21-16-11-15(22-27-16)19(12-23)9-3-4-10-19/h5-8,11,23H,3-4,9-10,12H2,1-2H3,(H,21,24). The zero-order valence-electron chi connectivity index (χ0n) is 15.7. The number of nitrogens with one attached hydrogen (secondary N) is 1. The molecule has 2 aromatic rings. The normalized spacial score (nSPS) is 16.9. The van der Waals surface area contributed by atoms with E-state index in [4.69, 9.17) is 4.52 Å². The van der Waals surface area contributed by atoms with Crippen LogP contribution in [0.15, 0.2) is 39.8 Å². The number of benzene rings is 1. The number of carbonyl (C=O) groups is 1. The van der Waals surface area contributed by atoms with Gasteiger partial charge in [-0.2, -0.15) is 0 Å². The topological polar surface area (TPSA) is 110 Å². The molecule has 3 rings (SSSR count). The number of carbonyl (C=O) groups excluding carboxylic acids is 1. The molecular weight excluding hydrogens is 387 g/mol. The van der Waals surface area contributed by atoms with Crippen LogP contribution in [0.3, 0.4) is 0 Å². The first-order valence-electron chi connectivity index (χ1n) is 9.02. The van der Waals surface area contributed by atoms with Crippen molar-refractivity contribution in [2.75, 3.05) is 11.9 Å². The van der Waals surface area contributed by atoms with Gasteiger partial charge >= 0.3 is 0 Å². The molecule has 0 radical (unpaired) electrons. The van der Waals surface area contributed by atoms with Gasteiger partial charge in [-0.05, 0) is 51.0 Å². The molecule has 0 saturated heterocycles. The van der Waals surface area contributed by atoms with Crippen molar-refractivity contribution in [2.45, 2.75) is 54.6 Å². The van der Waals surface area contributed by atoms with Gasteiger partial charge in [0.1, 0.15) is 10.6 Å². The van der Waals surface area contributed by atoms with E-state index < -0.39 is 31.7 Å². The second kappa shape index (κ2) is 7.29. The van der Waals surface area contributed by atoms with Crippen molar-refractivity contribution in [3.63, 3.8) is 0 Å². The molecule has 0 aliphatic heterocycles. The second-order valence-corrected chi connectivity index (χ2v) is 10.1. The van der Waals surface area contributed by atoms with Gasteiger partial charge in [0.25, 0.3) is 0 Å². The number of amides is 1. The molecule has 1 aromatic carbocycles. The highest BCUT2D eigenvalue weighted by Gasteiger charge is 2.44. The summed E-state index contributed by atoms with van der Waals surface area (Å²) < 4.78 is 42.1. The predicted molar refractivity (Wildman–Crippen MR) is 100 cm³/mol. The van der Waals surface area contributed by atoms with Crippen LogP contribution in [0.4, 0.5) is 10.3 Å². The summed E-state index contributed by atoms with van der Waals surface area (Å²) in [4.78, 5) is 12.5. The fourth-order valence-corrected chi connectivity index (χ4v) is 4.80. The van der Waals surface area contributed by atoms with Crippen LogP contribution in [0.2, 0.25) is 0 Å². The van der Waals surface area contributed by atoms with E-state index in [9.17, 15) is 22.7 Å². The summed E-state index contributed by atoms with van der Waals surface area (Å²) in [5.74, 6) is -1.36. The number of rotatable bonds is 6. The second-order valence-electron chi connectivity index (χ2n) is 7.64. The van der Waals surface area contributed by atoms with Crippen molar-refractivity contribution in [3.8, 4) is 0 Å². The van der Waals surface area contributed by atoms with Crippen LogP contribution in [-0.2, 0) is 20.0 Å². The van der Waals surface area contributed by atoms with Crippen molar-refractivity contribution >= 4 is 21.6 Å². The van der Waals surface area contributed by atoms with Crippen LogP contribution in [-0.4, -0.2) is 35.9 Å². The Morgan fingerprint density at radius 2 is 1.89 bits per heavy atom. The number of halogens is 1. The van der Waals surface area contributed by atoms with E-state index >= 15 is 0 Å². The van der Waals surface area contributed by atoms with Gasteiger partial charge < -0.3 is 9.63 Å². The van der Waals surface area contributed by atoms with Gasteiger partial charge in [0.05, 0.1) is 17.2 Å². The number of sulfone groups is 1. The van der Waals surface area contributed by atoms with Gasteiger partial charge in [0, 0.05) is 11.5 Å². The number of aliphatic hydroxyl groups excluding tert-OH is 1. The fraction of sp³-hybridized carbons (Fsp3) is 0.474. The Morgan fingerprint density at radius 1 is 1.29 bits per heavy atom. The summed E-state index contributed by atoms with van der Waals surface area (Å²) in [5.41, 5.74) is 0.0596. The van der Waals surface area contributed by atoms with Crippen LogP contribution in [0.5, 0.6) is 0 Å². The molecule has 0 bridgehead atoms. The average molecular weight is 410 g/mol. The molecule has 0 unspecified atom stereocenters. The molecule has 0 spiro atoms. The van der Waals surface area contributed by atoms with Crippen LogP contribution in [0.25, 0.3) is 0 Å². The van der Waals surface area contributed by atoms with E-state index in [0.717, 1.165) is 49.9 Å². The maximum atomic E-state index is 13.1. The molecule has 2 N–H and O–H groups in total. The minimum Gasteiger partial charge on any atom is -0.395 e. The van der Waals surface area contributed by atoms with Gasteiger partial charge in [0.2, 0.25) is 11.8 Å². The van der Waals surface area contributed by atoms with Gasteiger partial charge in [-0.15, -0.1) is 0 Å². The quantitative estimate of drug-likeness (QED) is 0.709. The first kappa shape index (κ1) is 20.5. The summed E-state index contributed by atoms with van der Waals surface area (Å²) in [5, 5.41) is 16.2. The van der Waals surface area contributed by atoms with E-state index in [0.29, 0.717) is 5.69 Å². The van der Waals surface area contributed by atoms with Gasteiger partial charge in [-0.25, -0.2) is 12.8 Å². The minimum atomic E-state index is -4.08. The lowest BCUT2D eigenvalue weighted by Crippen LogP contribution is -2.44. The zero-order valence-corrected chi connectivity index (χ0v) is 16.6. The van der Waals surface area contributed by atoms with E-state index in [1.165, 1.54) is 19.9 Å². The molecule has 1 heterocycles. The molecule has 0 atom stereocenters. The number of hydrogen-bond acceptors (Lipinski definition) is 6. The number of anilines is 1. The first-order chi connectivity index (χ1) is 13.1. The summed E-state index contributed by atoms with van der Waals surface area (Å²) in [6, 6.07) is 5.83. The van der Waals surface area contributed by atoms with Crippen LogP contribution < -0.4 is 5.32 Å². The van der Waals surface area contributed by atoms with E-state index in [1.807, 2.05) is 0 Å². The zero-order chi connectivity index (χ0) is 20.6. The van der Waals surface area contributed by atoms with Crippen molar-refractivity contribution in [3.05, 3.63) is 41.8 Å². The predicted octanol–water partition coefficient (Wildman–Crippen LogP) is 2.81. The molecule has 1 saturated carbocycles. The van der Waals surface area contributed by atoms with Crippen LogP contribution in [0.1, 0.15) is 45.2 Å². The maximum Gasteiger partial charge on any atom is 0.248 e. The fourth-order valence-electron chi connectivity index (χ4n) is 3.42. The minimum absolute atomic E-state index is 0.0158. The van der Waals surface area contributed by atoms with Crippen molar-refractivity contribution in [2.24, 2.45) is 0 Å². The number of hydrogen-bond donors (Lipinski definition) is 2. The highest BCUT2D eigenvalue weighted by molar-refractivity contribution is 7.93. The third-order valence-electron chi connectivity index (χ3n) is 5.50. The van der Waals surface area contributed by atoms with Crippen LogP contribution in [0, 0.1) is 5.82 Å². The van der Waals surface area contributed by atoms with Gasteiger partial charge in [-0.1, -0.05) is 18.0 Å². The monoisotopic (exact) mass is 410 g/mol. The molecule has 1 aliphatic rings. The molecule has 28 heavy (non-hydrogen) atoms. The highest BCUT2D eigenvalue weighted by Crippen LogP contribution is 2.41. The first-order valence-corrected chi connectivity index (χ1v) is 10.5. The average Bonchev–Trinajstić information content (AvgIpc) is 3.32. The lowest BCUT2D eigenvalue weighted by Gasteiger charge is -2.23. The van der Waals surface area contributed by atoms with Gasteiger partial charge in [0.15, 0.2) is 9.84 Å². The maximum absolute atomic E-state index is 13.1. The van der Waals surface area contributed by atoms with E-state index in [2.05, 4.69) is 10.5 Å². The lowest BCUT2D eigenvalue weighted by atomic mass is 9.84. The van der Waals surface area contributed by atoms with Crippen molar-refractivity contribution in [1.82, 2.24) is 5.16 Å². The Bertz CT molecular complexity index is 960. The van der Waals surface area contributed by atoms with Crippen LogP contribution >= 0.6 is 0 Å². The number of aromatic nitrogens is 1. The molecule has 9 heteroatoms. The van der Waals surface area contributed by atoms with Crippen molar-refractivity contribution < 1.29 is 27.2 Å². The number of nitrogens with zero attached hydrogens (tertiary/aromatic N) is 1. The Balaban J connectivity index is 1.81. The largest absolute Gasteiger partial charge is 0.395 e. The molecule has 1 amide bonds. The van der Waals surface area contributed by atoms with E-state index in [-0.39, 0.29) is 17.4 Å². The Kier molecular flexibility index (Phi) is 5.33. The Labute approximate surface area is 162 Å². The Hall–Kier alpha value is -2.26. The van der Waals surface area contributed by atoms with E-state index in [1.54, 1.807) is 0 Å². The molecule has 152 valence electrons. The molecule has 1 fully saturated rings. The third-order valence-corrected chi connectivity index (χ3v) is 7.92. The molecule has 7 nitrogen and oxygen atoms in total. The van der Waals surface area contributed by atoms with Gasteiger partial charge in [-0.3, -0.25) is 10.1 Å². The lowest BCUT2D eigenvalue weighted by molar-refractivity contribution is -0.118. The summed E-state index contributed by atoms with van der Waals surface area (Å²) in [6.45, 7) is 2.46. The third kappa shape index (κ3) is 3.44. The highest BCUT2D eigenvalue weighted by atomic mass is 32.2. The summed E-state index contributed by atoms with van der Waals surface area (Å²) in [7, 11) is -4.08. The van der Waals surface area contributed by atoms with Crippen molar-refractivity contribution in [1.29, 1.82) is 0 Å². The Morgan fingerprint density at radius 3 is 2.46 bits per heavy atom.